The molecule has 0 unspecified atom stereocenters. The molecule has 0 aromatic heterocycles. The predicted octanol–water partition coefficient (Wildman–Crippen LogP) is 4.51. The number of thioether (sulfide) groups is 1. The number of nitrogens with one attached hydrogen (secondary N) is 1. The van der Waals surface area contributed by atoms with E-state index in [1.165, 1.54) is 25.1 Å². The lowest BCUT2D eigenvalue weighted by Crippen LogP contribution is -2.45. The Hall–Kier alpha value is -1.41. The van der Waals surface area contributed by atoms with Crippen molar-refractivity contribution in [2.75, 3.05) is 22.1 Å². The van der Waals surface area contributed by atoms with Crippen LogP contribution in [0.5, 0.6) is 0 Å². The van der Waals surface area contributed by atoms with Crippen molar-refractivity contribution < 1.29 is 13.2 Å². The molecule has 0 spiro atoms. The summed E-state index contributed by atoms with van der Waals surface area (Å²) in [6.07, 6.45) is 2.97. The van der Waals surface area contributed by atoms with Crippen LogP contribution in [0.4, 0.5) is 11.4 Å². The van der Waals surface area contributed by atoms with Gasteiger partial charge in [-0.3, -0.25) is 9.10 Å². The Morgan fingerprint density at radius 2 is 1.85 bits per heavy atom. The maximum Gasteiger partial charge on any atom is 0.247 e. The molecule has 1 atom stereocenters. The van der Waals surface area contributed by atoms with Crippen LogP contribution in [0.2, 0.25) is 10.0 Å². The van der Waals surface area contributed by atoms with Crippen molar-refractivity contribution >= 4 is 62.3 Å². The standard InChI is InChI=1S/C17H18Cl2N2O3S2/c1-11(17(22)20-12-5-4-6-14(9-12)25-2)21(26(3,23)24)13-7-8-15(18)16(19)10-13/h4-11H,1-3H3,(H,20,22)/t11-/m1/s1. The Kier molecular flexibility index (Phi) is 6.85. The fraction of sp³-hybridized carbons (Fsp3) is 0.235. The van der Waals surface area contributed by atoms with Gasteiger partial charge in [0, 0.05) is 10.6 Å². The third-order valence-electron chi connectivity index (χ3n) is 3.58. The highest BCUT2D eigenvalue weighted by atomic mass is 35.5. The molecule has 0 aliphatic heterocycles. The first-order valence-electron chi connectivity index (χ1n) is 7.53. The Balaban J connectivity index is 2.32. The topological polar surface area (TPSA) is 66.5 Å². The number of amides is 1. The quantitative estimate of drug-likeness (QED) is 0.681. The molecule has 5 nitrogen and oxygen atoms in total. The van der Waals surface area contributed by atoms with Crippen LogP contribution in [0.1, 0.15) is 6.92 Å². The molecule has 2 rings (SSSR count). The number of anilines is 2. The van der Waals surface area contributed by atoms with E-state index in [1.54, 1.807) is 17.8 Å². The summed E-state index contributed by atoms with van der Waals surface area (Å²) in [6.45, 7) is 1.51. The van der Waals surface area contributed by atoms with Crippen molar-refractivity contribution in [3.63, 3.8) is 0 Å². The highest BCUT2D eigenvalue weighted by Gasteiger charge is 2.29. The largest absolute Gasteiger partial charge is 0.324 e. The molecule has 26 heavy (non-hydrogen) atoms. The Labute approximate surface area is 167 Å². The first-order valence-corrected chi connectivity index (χ1v) is 11.4. The molecular formula is C17H18Cl2N2O3S2. The number of sulfonamides is 1. The van der Waals surface area contributed by atoms with Gasteiger partial charge in [0.1, 0.15) is 6.04 Å². The van der Waals surface area contributed by atoms with Crippen molar-refractivity contribution in [2.24, 2.45) is 0 Å². The lowest BCUT2D eigenvalue weighted by molar-refractivity contribution is -0.116. The zero-order valence-corrected chi connectivity index (χ0v) is 17.5. The lowest BCUT2D eigenvalue weighted by Gasteiger charge is -2.28. The van der Waals surface area contributed by atoms with Gasteiger partial charge >= 0.3 is 0 Å². The smallest absolute Gasteiger partial charge is 0.247 e. The Morgan fingerprint density at radius 3 is 2.42 bits per heavy atom. The summed E-state index contributed by atoms with van der Waals surface area (Å²) in [7, 11) is -3.73. The van der Waals surface area contributed by atoms with E-state index in [-0.39, 0.29) is 10.7 Å². The molecule has 0 saturated carbocycles. The summed E-state index contributed by atoms with van der Waals surface area (Å²) in [6, 6.07) is 10.7. The summed E-state index contributed by atoms with van der Waals surface area (Å²) in [4.78, 5) is 13.6. The molecule has 140 valence electrons. The zero-order valence-electron chi connectivity index (χ0n) is 14.4. The maximum atomic E-state index is 12.6. The molecule has 1 amide bonds. The highest BCUT2D eigenvalue weighted by Crippen LogP contribution is 2.30. The summed E-state index contributed by atoms with van der Waals surface area (Å²) >= 11 is 13.4. The minimum absolute atomic E-state index is 0.207. The van der Waals surface area contributed by atoms with Crippen LogP contribution in [0.15, 0.2) is 47.4 Å². The van der Waals surface area contributed by atoms with Gasteiger partial charge in [-0.25, -0.2) is 8.42 Å². The van der Waals surface area contributed by atoms with Gasteiger partial charge in [0.25, 0.3) is 0 Å². The van der Waals surface area contributed by atoms with Gasteiger partial charge in [-0.15, -0.1) is 11.8 Å². The van der Waals surface area contributed by atoms with Crippen molar-refractivity contribution in [1.82, 2.24) is 0 Å². The number of hydrogen-bond acceptors (Lipinski definition) is 4. The molecule has 2 aromatic rings. The molecule has 9 heteroatoms. The maximum absolute atomic E-state index is 12.6. The van der Waals surface area contributed by atoms with Crippen LogP contribution < -0.4 is 9.62 Å². The molecule has 1 N–H and O–H groups in total. The molecule has 0 aliphatic rings. The summed E-state index contributed by atoms with van der Waals surface area (Å²) in [5.41, 5.74) is 0.860. The fourth-order valence-corrected chi connectivity index (χ4v) is 4.30. The SMILES string of the molecule is CSc1cccc(NC(=O)[C@@H](C)N(c2ccc(Cl)c(Cl)c2)S(C)(=O)=O)c1. The van der Waals surface area contributed by atoms with E-state index in [0.717, 1.165) is 15.5 Å². The summed E-state index contributed by atoms with van der Waals surface area (Å²) < 4.78 is 25.6. The zero-order chi connectivity index (χ0) is 19.5. The second-order valence-electron chi connectivity index (χ2n) is 5.55. The fourth-order valence-electron chi connectivity index (χ4n) is 2.38. The highest BCUT2D eigenvalue weighted by molar-refractivity contribution is 7.98. The van der Waals surface area contributed by atoms with E-state index in [0.29, 0.717) is 10.7 Å². The predicted molar refractivity (Wildman–Crippen MR) is 110 cm³/mol. The van der Waals surface area contributed by atoms with Gasteiger partial charge in [-0.2, -0.15) is 0 Å². The molecule has 0 fully saturated rings. The van der Waals surface area contributed by atoms with E-state index in [9.17, 15) is 13.2 Å². The average Bonchev–Trinajstić information content (AvgIpc) is 2.57. The number of carbonyl (C=O) groups excluding carboxylic acids is 1. The number of halogens is 2. The molecule has 0 aliphatic carbocycles. The van der Waals surface area contributed by atoms with E-state index < -0.39 is 22.0 Å². The van der Waals surface area contributed by atoms with E-state index in [4.69, 9.17) is 23.2 Å². The van der Waals surface area contributed by atoms with Gasteiger partial charge in [-0.05, 0) is 49.6 Å². The molecule has 0 radical (unpaired) electrons. The molecule has 0 saturated heterocycles. The number of hydrogen-bond donors (Lipinski definition) is 1. The third kappa shape index (κ3) is 5.07. The van der Waals surface area contributed by atoms with Gasteiger partial charge < -0.3 is 5.32 Å². The van der Waals surface area contributed by atoms with Crippen LogP contribution >= 0.6 is 35.0 Å². The monoisotopic (exact) mass is 432 g/mol. The van der Waals surface area contributed by atoms with Gasteiger partial charge in [0.2, 0.25) is 15.9 Å². The number of carbonyl (C=O) groups is 1. The first kappa shape index (κ1) is 20.9. The second-order valence-corrected chi connectivity index (χ2v) is 9.11. The Bertz CT molecular complexity index is 920. The van der Waals surface area contributed by atoms with Crippen molar-refractivity contribution in [3.05, 3.63) is 52.5 Å². The van der Waals surface area contributed by atoms with Crippen molar-refractivity contribution in [1.29, 1.82) is 0 Å². The van der Waals surface area contributed by atoms with Crippen LogP contribution in [0, 0.1) is 0 Å². The van der Waals surface area contributed by atoms with Crippen LogP contribution in [-0.2, 0) is 14.8 Å². The normalized spacial score (nSPS) is 12.5. The van der Waals surface area contributed by atoms with Crippen LogP contribution in [0.3, 0.4) is 0 Å². The second kappa shape index (κ2) is 8.52. The molecule has 0 bridgehead atoms. The van der Waals surface area contributed by atoms with Crippen LogP contribution in [-0.4, -0.2) is 32.9 Å². The lowest BCUT2D eigenvalue weighted by atomic mass is 10.2. The van der Waals surface area contributed by atoms with Crippen LogP contribution in [0.25, 0.3) is 0 Å². The number of rotatable bonds is 6. The van der Waals surface area contributed by atoms with Gasteiger partial charge in [0.05, 0.1) is 22.0 Å². The first-order chi connectivity index (χ1) is 12.1. The number of nitrogens with zero attached hydrogens (tertiary/aromatic N) is 1. The summed E-state index contributed by atoms with van der Waals surface area (Å²) in [5, 5.41) is 3.25. The average molecular weight is 433 g/mol. The van der Waals surface area contributed by atoms with Gasteiger partial charge in [-0.1, -0.05) is 29.3 Å². The number of benzene rings is 2. The summed E-state index contributed by atoms with van der Waals surface area (Å²) in [5.74, 6) is -0.459. The molecular weight excluding hydrogens is 415 g/mol. The molecule has 0 heterocycles. The molecule has 2 aromatic carbocycles. The Morgan fingerprint density at radius 1 is 1.15 bits per heavy atom. The van der Waals surface area contributed by atoms with E-state index in [1.807, 2.05) is 24.5 Å². The van der Waals surface area contributed by atoms with E-state index in [2.05, 4.69) is 5.32 Å². The minimum atomic E-state index is -3.73. The van der Waals surface area contributed by atoms with Crippen molar-refractivity contribution in [2.45, 2.75) is 17.9 Å². The van der Waals surface area contributed by atoms with Crippen molar-refractivity contribution in [3.8, 4) is 0 Å². The van der Waals surface area contributed by atoms with E-state index >= 15 is 0 Å². The minimum Gasteiger partial charge on any atom is -0.324 e. The third-order valence-corrected chi connectivity index (χ3v) is 6.29. The van der Waals surface area contributed by atoms with Gasteiger partial charge in [0.15, 0.2) is 0 Å².